The van der Waals surface area contributed by atoms with Crippen LogP contribution < -0.4 is 19.5 Å². The molecule has 1 aromatic carbocycles. The molecular formula is C22H17BrFN5O4. The van der Waals surface area contributed by atoms with Crippen molar-refractivity contribution in [3.8, 4) is 23.1 Å². The van der Waals surface area contributed by atoms with Crippen molar-refractivity contribution in [3.63, 3.8) is 0 Å². The van der Waals surface area contributed by atoms with E-state index in [0.29, 0.717) is 27.1 Å². The number of rotatable bonds is 6. The lowest BCUT2D eigenvalue weighted by Gasteiger charge is -2.12. The first kappa shape index (κ1) is 22.3. The molecule has 168 valence electrons. The van der Waals surface area contributed by atoms with Crippen LogP contribution in [0.25, 0.3) is 11.0 Å². The number of hydrogen-bond acceptors (Lipinski definition) is 8. The van der Waals surface area contributed by atoms with E-state index in [-0.39, 0.29) is 28.8 Å². The minimum atomic E-state index is -0.686. The molecule has 33 heavy (non-hydrogen) atoms. The van der Waals surface area contributed by atoms with Gasteiger partial charge < -0.3 is 19.5 Å². The number of aromatic nitrogens is 4. The van der Waals surface area contributed by atoms with E-state index < -0.39 is 11.7 Å². The highest BCUT2D eigenvalue weighted by molar-refractivity contribution is 9.10. The van der Waals surface area contributed by atoms with Gasteiger partial charge in [-0.15, -0.1) is 0 Å². The van der Waals surface area contributed by atoms with Crippen LogP contribution in [0.1, 0.15) is 16.2 Å². The molecule has 1 N–H and O–H groups in total. The van der Waals surface area contributed by atoms with Gasteiger partial charge in [0.25, 0.3) is 11.8 Å². The second-order valence-electron chi connectivity index (χ2n) is 6.71. The second-order valence-corrected chi connectivity index (χ2v) is 7.46. The molecule has 0 saturated heterocycles. The third-order valence-corrected chi connectivity index (χ3v) is 5.31. The normalized spacial score (nSPS) is 10.7. The number of benzene rings is 1. The summed E-state index contributed by atoms with van der Waals surface area (Å²) in [6.07, 6.45) is 2.85. The van der Waals surface area contributed by atoms with E-state index in [1.54, 1.807) is 19.1 Å². The SMILES string of the molecule is COc1cc2nccc(Oc3ccc(NC(=O)c4cnc(C)c(Br)n4)cc3F)c2nc1OC. The molecule has 0 bridgehead atoms. The van der Waals surface area contributed by atoms with Crippen molar-refractivity contribution in [2.24, 2.45) is 0 Å². The Labute approximate surface area is 196 Å². The van der Waals surface area contributed by atoms with Crippen LogP contribution in [-0.4, -0.2) is 40.1 Å². The van der Waals surface area contributed by atoms with Gasteiger partial charge >= 0.3 is 0 Å². The average Bonchev–Trinajstić information content (AvgIpc) is 2.81. The number of nitrogens with one attached hydrogen (secondary N) is 1. The van der Waals surface area contributed by atoms with Gasteiger partial charge in [0.05, 0.1) is 31.6 Å². The summed E-state index contributed by atoms with van der Waals surface area (Å²) in [5.74, 6) is -0.346. The Morgan fingerprint density at radius 3 is 2.55 bits per heavy atom. The molecule has 1 amide bonds. The summed E-state index contributed by atoms with van der Waals surface area (Å²) in [7, 11) is 2.95. The van der Waals surface area contributed by atoms with Gasteiger partial charge in [-0.25, -0.2) is 14.4 Å². The molecule has 3 aromatic heterocycles. The number of carbonyl (C=O) groups excluding carboxylic acids is 1. The third-order valence-electron chi connectivity index (χ3n) is 4.56. The number of nitrogens with zero attached hydrogens (tertiary/aromatic N) is 4. The van der Waals surface area contributed by atoms with Crippen molar-refractivity contribution in [1.29, 1.82) is 0 Å². The predicted molar refractivity (Wildman–Crippen MR) is 122 cm³/mol. The van der Waals surface area contributed by atoms with Crippen molar-refractivity contribution < 1.29 is 23.4 Å². The number of hydrogen-bond donors (Lipinski definition) is 1. The lowest BCUT2D eigenvalue weighted by atomic mass is 10.2. The number of aryl methyl sites for hydroxylation is 1. The molecule has 0 fully saturated rings. The number of amides is 1. The van der Waals surface area contributed by atoms with Crippen LogP contribution in [0.15, 0.2) is 47.3 Å². The molecule has 3 heterocycles. The first-order valence-electron chi connectivity index (χ1n) is 9.55. The summed E-state index contributed by atoms with van der Waals surface area (Å²) in [4.78, 5) is 29.2. The van der Waals surface area contributed by atoms with Crippen molar-refractivity contribution >= 4 is 38.6 Å². The summed E-state index contributed by atoms with van der Waals surface area (Å²) in [6.45, 7) is 1.75. The minimum Gasteiger partial charge on any atom is -0.491 e. The molecule has 0 atom stereocenters. The van der Waals surface area contributed by atoms with E-state index in [1.807, 2.05) is 0 Å². The Hall–Kier alpha value is -3.86. The number of methoxy groups -OCH3 is 2. The van der Waals surface area contributed by atoms with Crippen molar-refractivity contribution in [1.82, 2.24) is 19.9 Å². The van der Waals surface area contributed by atoms with E-state index in [4.69, 9.17) is 14.2 Å². The Bertz CT molecular complexity index is 1370. The monoisotopic (exact) mass is 513 g/mol. The molecular weight excluding hydrogens is 497 g/mol. The van der Waals surface area contributed by atoms with Crippen LogP contribution in [0.5, 0.6) is 23.1 Å². The van der Waals surface area contributed by atoms with E-state index in [2.05, 4.69) is 41.2 Å². The average molecular weight is 514 g/mol. The lowest BCUT2D eigenvalue weighted by Crippen LogP contribution is -2.14. The fraction of sp³-hybridized carbons (Fsp3) is 0.136. The summed E-state index contributed by atoms with van der Waals surface area (Å²) in [6, 6.07) is 7.26. The molecule has 0 aliphatic carbocycles. The fourth-order valence-electron chi connectivity index (χ4n) is 2.90. The summed E-state index contributed by atoms with van der Waals surface area (Å²) >= 11 is 3.23. The van der Waals surface area contributed by atoms with Gasteiger partial charge in [-0.05, 0) is 35.0 Å². The van der Waals surface area contributed by atoms with Crippen LogP contribution in [0, 0.1) is 12.7 Å². The van der Waals surface area contributed by atoms with Gasteiger partial charge in [-0.3, -0.25) is 14.8 Å². The highest BCUT2D eigenvalue weighted by atomic mass is 79.9. The maximum Gasteiger partial charge on any atom is 0.275 e. The van der Waals surface area contributed by atoms with Crippen LogP contribution in [0.3, 0.4) is 0 Å². The molecule has 11 heteroatoms. The zero-order valence-electron chi connectivity index (χ0n) is 17.7. The molecule has 0 unspecified atom stereocenters. The van der Waals surface area contributed by atoms with E-state index in [1.165, 1.54) is 38.7 Å². The van der Waals surface area contributed by atoms with Gasteiger partial charge in [0.1, 0.15) is 15.8 Å². The molecule has 0 spiro atoms. The minimum absolute atomic E-state index is 0.0602. The van der Waals surface area contributed by atoms with Gasteiger partial charge in [0, 0.05) is 30.1 Å². The molecule has 9 nitrogen and oxygen atoms in total. The quantitative estimate of drug-likeness (QED) is 0.395. The van der Waals surface area contributed by atoms with E-state index >= 15 is 0 Å². The zero-order valence-corrected chi connectivity index (χ0v) is 19.3. The number of carbonyl (C=O) groups is 1. The van der Waals surface area contributed by atoms with Gasteiger partial charge in [0.15, 0.2) is 23.1 Å². The highest BCUT2D eigenvalue weighted by Gasteiger charge is 2.16. The highest BCUT2D eigenvalue weighted by Crippen LogP contribution is 2.35. The molecule has 0 aliphatic rings. The van der Waals surface area contributed by atoms with E-state index in [0.717, 1.165) is 6.07 Å². The van der Waals surface area contributed by atoms with Gasteiger partial charge in [-0.2, -0.15) is 0 Å². The van der Waals surface area contributed by atoms with E-state index in [9.17, 15) is 9.18 Å². The molecule has 4 rings (SSSR count). The Balaban J connectivity index is 1.58. The Kier molecular flexibility index (Phi) is 6.31. The first-order valence-corrected chi connectivity index (χ1v) is 10.3. The summed E-state index contributed by atoms with van der Waals surface area (Å²) in [5.41, 5.74) is 1.82. The molecule has 0 radical (unpaired) electrons. The van der Waals surface area contributed by atoms with Crippen molar-refractivity contribution in [2.45, 2.75) is 6.92 Å². The second kappa shape index (κ2) is 9.33. The fourth-order valence-corrected chi connectivity index (χ4v) is 3.19. The third kappa shape index (κ3) is 4.67. The number of halogens is 2. The largest absolute Gasteiger partial charge is 0.491 e. The summed E-state index contributed by atoms with van der Waals surface area (Å²) in [5, 5.41) is 2.58. The maximum absolute atomic E-state index is 14.8. The standard InChI is InChI=1S/C22H17BrFN5O4/c1-11-20(23)28-15(10-26-11)21(30)27-12-4-5-16(13(24)8-12)33-17-6-7-25-14-9-18(31-2)22(32-3)29-19(14)17/h4-10H,1-3H3,(H,27,30). The molecule has 0 saturated carbocycles. The lowest BCUT2D eigenvalue weighted by molar-refractivity contribution is 0.102. The summed E-state index contributed by atoms with van der Waals surface area (Å²) < 4.78 is 31.5. The van der Waals surface area contributed by atoms with Crippen molar-refractivity contribution in [2.75, 3.05) is 19.5 Å². The zero-order chi connectivity index (χ0) is 23.5. The number of fused-ring (bicyclic) bond motifs is 1. The number of pyridine rings is 2. The van der Waals surface area contributed by atoms with Crippen LogP contribution in [0.2, 0.25) is 0 Å². The number of anilines is 1. The van der Waals surface area contributed by atoms with Crippen LogP contribution in [0.4, 0.5) is 10.1 Å². The smallest absolute Gasteiger partial charge is 0.275 e. The van der Waals surface area contributed by atoms with Crippen LogP contribution >= 0.6 is 15.9 Å². The Morgan fingerprint density at radius 2 is 1.85 bits per heavy atom. The van der Waals surface area contributed by atoms with Gasteiger partial charge in [-0.1, -0.05) is 0 Å². The van der Waals surface area contributed by atoms with Gasteiger partial charge in [0.2, 0.25) is 0 Å². The molecule has 4 aromatic rings. The maximum atomic E-state index is 14.8. The number of ether oxygens (including phenoxy) is 3. The Morgan fingerprint density at radius 1 is 1.03 bits per heavy atom. The molecule has 0 aliphatic heterocycles. The van der Waals surface area contributed by atoms with Crippen molar-refractivity contribution in [3.05, 3.63) is 64.5 Å². The topological polar surface area (TPSA) is 108 Å². The van der Waals surface area contributed by atoms with Crippen LogP contribution in [-0.2, 0) is 0 Å². The predicted octanol–water partition coefficient (Wildman–Crippen LogP) is 4.69. The first-order chi connectivity index (χ1) is 15.9.